The van der Waals surface area contributed by atoms with Crippen LogP contribution in [-0.2, 0) is 0 Å². The van der Waals surface area contributed by atoms with E-state index in [1.54, 1.807) is 11.8 Å². The first-order chi connectivity index (χ1) is 13.4. The lowest BCUT2D eigenvalue weighted by Gasteiger charge is -2.37. The molecule has 1 aromatic heterocycles. The highest BCUT2D eigenvalue weighted by Gasteiger charge is 2.31. The first-order valence-corrected chi connectivity index (χ1v) is 9.36. The molecule has 4 rings (SSSR count). The van der Waals surface area contributed by atoms with Crippen LogP contribution in [0.1, 0.15) is 29.8 Å². The summed E-state index contributed by atoms with van der Waals surface area (Å²) >= 11 is 0. The molecule has 0 unspecified atom stereocenters. The average molecular weight is 379 g/mol. The molecule has 2 heterocycles. The fourth-order valence-electron chi connectivity index (χ4n) is 3.71. The fourth-order valence-corrected chi connectivity index (χ4v) is 3.71. The van der Waals surface area contributed by atoms with Crippen molar-refractivity contribution in [3.05, 3.63) is 69.8 Å². The van der Waals surface area contributed by atoms with E-state index in [9.17, 15) is 14.0 Å². The minimum absolute atomic E-state index is 0.0108. The average Bonchev–Trinajstić information content (AvgIpc) is 2.67. The standard InChI is InChI=1S/C22H22FN3O2/c1-12(2)18-11-26(19-7-5-4-6-17(19)25-18)22(28)16-10-24-20-13(3)8-14(23)9-15(20)21(16)27/h4-10,12,18,25H,11H2,1-3H3,(H,24,27)/t18-/m1/s1. The summed E-state index contributed by atoms with van der Waals surface area (Å²) in [6.07, 6.45) is 1.44. The van der Waals surface area contributed by atoms with Crippen molar-refractivity contribution < 1.29 is 9.18 Å². The van der Waals surface area contributed by atoms with Crippen LogP contribution in [0.4, 0.5) is 15.8 Å². The molecule has 0 saturated carbocycles. The minimum Gasteiger partial charge on any atom is -0.379 e. The number of hydrogen-bond acceptors (Lipinski definition) is 3. The van der Waals surface area contributed by atoms with Crippen LogP contribution in [0.15, 0.2) is 47.4 Å². The van der Waals surface area contributed by atoms with Crippen molar-refractivity contribution >= 4 is 28.2 Å². The van der Waals surface area contributed by atoms with Gasteiger partial charge in [-0.2, -0.15) is 0 Å². The zero-order valence-electron chi connectivity index (χ0n) is 16.0. The second-order valence-corrected chi connectivity index (χ2v) is 7.60. The van der Waals surface area contributed by atoms with Gasteiger partial charge < -0.3 is 15.2 Å². The molecule has 0 bridgehead atoms. The van der Waals surface area contributed by atoms with Crippen molar-refractivity contribution in [1.82, 2.24) is 4.98 Å². The van der Waals surface area contributed by atoms with Gasteiger partial charge in [0.05, 0.1) is 16.9 Å². The number of amides is 1. The van der Waals surface area contributed by atoms with E-state index in [-0.39, 0.29) is 22.9 Å². The van der Waals surface area contributed by atoms with Crippen molar-refractivity contribution in [1.29, 1.82) is 0 Å². The number of nitrogens with one attached hydrogen (secondary N) is 2. The second kappa shape index (κ2) is 6.78. The number of carbonyl (C=O) groups is 1. The molecule has 0 saturated heterocycles. The number of aromatic nitrogens is 1. The molecule has 0 fully saturated rings. The molecule has 144 valence electrons. The van der Waals surface area contributed by atoms with Crippen LogP contribution in [-0.4, -0.2) is 23.5 Å². The summed E-state index contributed by atoms with van der Waals surface area (Å²) < 4.78 is 13.8. The monoisotopic (exact) mass is 379 g/mol. The van der Waals surface area contributed by atoms with E-state index in [0.29, 0.717) is 23.5 Å². The third-order valence-corrected chi connectivity index (χ3v) is 5.35. The van der Waals surface area contributed by atoms with Crippen LogP contribution >= 0.6 is 0 Å². The Hall–Kier alpha value is -3.15. The van der Waals surface area contributed by atoms with Crippen molar-refractivity contribution in [2.45, 2.75) is 26.8 Å². The summed E-state index contributed by atoms with van der Waals surface area (Å²) in [5, 5.41) is 3.65. The van der Waals surface area contributed by atoms with E-state index in [4.69, 9.17) is 0 Å². The van der Waals surface area contributed by atoms with E-state index in [1.165, 1.54) is 18.3 Å². The van der Waals surface area contributed by atoms with Crippen LogP contribution < -0.4 is 15.6 Å². The third-order valence-electron chi connectivity index (χ3n) is 5.35. The Morgan fingerprint density at radius 3 is 2.75 bits per heavy atom. The van der Waals surface area contributed by atoms with Crippen molar-refractivity contribution in [3.8, 4) is 0 Å². The van der Waals surface area contributed by atoms with Crippen LogP contribution in [0, 0.1) is 18.7 Å². The lowest BCUT2D eigenvalue weighted by atomic mass is 9.99. The Bertz CT molecular complexity index is 1140. The van der Waals surface area contributed by atoms with Gasteiger partial charge >= 0.3 is 0 Å². The molecule has 1 amide bonds. The predicted molar refractivity (Wildman–Crippen MR) is 110 cm³/mol. The van der Waals surface area contributed by atoms with Gasteiger partial charge in [-0.1, -0.05) is 26.0 Å². The van der Waals surface area contributed by atoms with Gasteiger partial charge in [0.15, 0.2) is 0 Å². The fraction of sp³-hybridized carbons (Fsp3) is 0.273. The van der Waals surface area contributed by atoms with E-state index in [0.717, 1.165) is 11.4 Å². The SMILES string of the molecule is Cc1cc(F)cc2c(=O)c(C(=O)N3C[C@H](C(C)C)Nc4ccccc43)c[nH]c12. The number of aromatic amines is 1. The van der Waals surface area contributed by atoms with E-state index in [1.807, 2.05) is 24.3 Å². The Morgan fingerprint density at radius 2 is 2.00 bits per heavy atom. The molecule has 2 aromatic carbocycles. The smallest absolute Gasteiger partial charge is 0.263 e. The maximum Gasteiger partial charge on any atom is 0.263 e. The van der Waals surface area contributed by atoms with Gasteiger partial charge in [0.1, 0.15) is 11.4 Å². The number of H-pyrrole nitrogens is 1. The predicted octanol–water partition coefficient (Wildman–Crippen LogP) is 4.07. The van der Waals surface area contributed by atoms with Crippen molar-refractivity contribution in [2.24, 2.45) is 5.92 Å². The van der Waals surface area contributed by atoms with Crippen molar-refractivity contribution in [2.75, 3.05) is 16.8 Å². The quantitative estimate of drug-likeness (QED) is 0.705. The molecule has 28 heavy (non-hydrogen) atoms. The second-order valence-electron chi connectivity index (χ2n) is 7.60. The molecule has 3 aromatic rings. The van der Waals surface area contributed by atoms with Gasteiger partial charge in [-0.25, -0.2) is 4.39 Å². The number of pyridine rings is 1. The highest BCUT2D eigenvalue weighted by molar-refractivity contribution is 6.09. The Kier molecular flexibility index (Phi) is 4.41. The van der Waals surface area contributed by atoms with Gasteiger partial charge in [-0.05, 0) is 42.7 Å². The van der Waals surface area contributed by atoms with Gasteiger partial charge in [-0.15, -0.1) is 0 Å². The Morgan fingerprint density at radius 1 is 1.25 bits per heavy atom. The Labute approximate surface area is 162 Å². The molecule has 0 aliphatic carbocycles. The number of para-hydroxylation sites is 2. The summed E-state index contributed by atoms with van der Waals surface area (Å²) in [7, 11) is 0. The topological polar surface area (TPSA) is 65.2 Å². The minimum atomic E-state index is -0.493. The zero-order chi connectivity index (χ0) is 20.0. The zero-order valence-corrected chi connectivity index (χ0v) is 16.0. The van der Waals surface area contributed by atoms with Gasteiger partial charge in [0.2, 0.25) is 5.43 Å². The lowest BCUT2D eigenvalue weighted by molar-refractivity contribution is 0.0982. The van der Waals surface area contributed by atoms with E-state index >= 15 is 0 Å². The first kappa shape index (κ1) is 18.2. The van der Waals surface area contributed by atoms with Gasteiger partial charge in [-0.3, -0.25) is 9.59 Å². The number of benzene rings is 2. The first-order valence-electron chi connectivity index (χ1n) is 9.36. The van der Waals surface area contributed by atoms with E-state index in [2.05, 4.69) is 24.1 Å². The number of nitrogens with zero attached hydrogens (tertiary/aromatic N) is 1. The molecule has 0 radical (unpaired) electrons. The molecule has 6 heteroatoms. The number of rotatable bonds is 2. The largest absolute Gasteiger partial charge is 0.379 e. The maximum absolute atomic E-state index is 13.8. The van der Waals surface area contributed by atoms with Crippen LogP contribution in [0.5, 0.6) is 0 Å². The van der Waals surface area contributed by atoms with Gasteiger partial charge in [0, 0.05) is 24.2 Å². The summed E-state index contributed by atoms with van der Waals surface area (Å²) in [5.41, 5.74) is 2.32. The highest BCUT2D eigenvalue weighted by atomic mass is 19.1. The Balaban J connectivity index is 1.83. The summed E-state index contributed by atoms with van der Waals surface area (Å²) in [6.45, 7) is 6.35. The summed E-state index contributed by atoms with van der Waals surface area (Å²) in [4.78, 5) is 31.0. The third kappa shape index (κ3) is 2.95. The number of halogens is 1. The maximum atomic E-state index is 13.8. The van der Waals surface area contributed by atoms with E-state index < -0.39 is 11.2 Å². The molecular weight excluding hydrogens is 357 g/mol. The molecule has 5 nitrogen and oxygen atoms in total. The molecule has 2 N–H and O–H groups in total. The highest BCUT2D eigenvalue weighted by Crippen LogP contribution is 2.33. The number of carbonyl (C=O) groups excluding carboxylic acids is 1. The molecular formula is C22H22FN3O2. The summed E-state index contributed by atoms with van der Waals surface area (Å²) in [5.74, 6) is -0.576. The van der Waals surface area contributed by atoms with Crippen LogP contribution in [0.25, 0.3) is 10.9 Å². The van der Waals surface area contributed by atoms with Crippen LogP contribution in [0.3, 0.4) is 0 Å². The van der Waals surface area contributed by atoms with Crippen LogP contribution in [0.2, 0.25) is 0 Å². The normalized spacial score (nSPS) is 16.2. The number of aryl methyl sites for hydroxylation is 1. The molecule has 1 atom stereocenters. The number of fused-ring (bicyclic) bond motifs is 2. The number of anilines is 2. The molecule has 0 spiro atoms. The van der Waals surface area contributed by atoms with Crippen molar-refractivity contribution in [3.63, 3.8) is 0 Å². The lowest BCUT2D eigenvalue weighted by Crippen LogP contribution is -2.47. The summed E-state index contributed by atoms with van der Waals surface area (Å²) in [6, 6.07) is 10.2. The molecule has 1 aliphatic heterocycles. The van der Waals surface area contributed by atoms with Gasteiger partial charge in [0.25, 0.3) is 5.91 Å². The molecule has 1 aliphatic rings. The number of hydrogen-bond donors (Lipinski definition) is 2.